The van der Waals surface area contributed by atoms with Gasteiger partial charge in [-0.2, -0.15) is 4.98 Å². The van der Waals surface area contributed by atoms with E-state index in [2.05, 4.69) is 15.1 Å². The summed E-state index contributed by atoms with van der Waals surface area (Å²) in [5.41, 5.74) is -0.249. The monoisotopic (exact) mass is 455 g/mol. The number of rotatable bonds is 4. The number of halogens is 1. The summed E-state index contributed by atoms with van der Waals surface area (Å²) in [6.45, 7) is 2.42. The molecule has 1 saturated carbocycles. The summed E-state index contributed by atoms with van der Waals surface area (Å²) in [4.78, 5) is 26.5. The van der Waals surface area contributed by atoms with Gasteiger partial charge in [0.2, 0.25) is 5.82 Å². The number of hydrogen-bond acceptors (Lipinski definition) is 8. The van der Waals surface area contributed by atoms with E-state index in [1.165, 1.54) is 12.1 Å². The van der Waals surface area contributed by atoms with Gasteiger partial charge in [-0.25, -0.2) is 4.39 Å². The number of carbonyl (C=O) groups excluding carboxylic acids is 1. The van der Waals surface area contributed by atoms with Crippen LogP contribution in [0.15, 0.2) is 27.7 Å². The van der Waals surface area contributed by atoms with Crippen molar-refractivity contribution in [3.05, 3.63) is 35.7 Å². The van der Waals surface area contributed by atoms with Crippen molar-refractivity contribution in [1.29, 1.82) is 0 Å². The topological polar surface area (TPSA) is 93.3 Å². The molecular formula is C23H26FN5O4. The van der Waals surface area contributed by atoms with Gasteiger partial charge in [-0.15, -0.1) is 0 Å². The number of benzene rings is 1. The number of ether oxygens (including phenoxy) is 2. The number of fused-ring (bicyclic) bond motifs is 3. The van der Waals surface area contributed by atoms with Gasteiger partial charge in [0.15, 0.2) is 6.04 Å². The van der Waals surface area contributed by atoms with E-state index in [9.17, 15) is 9.18 Å². The second-order valence-electron chi connectivity index (χ2n) is 9.36. The van der Waals surface area contributed by atoms with E-state index < -0.39 is 29.2 Å². The first-order chi connectivity index (χ1) is 16.0. The summed E-state index contributed by atoms with van der Waals surface area (Å²) in [6.07, 6.45) is 6.81. The Morgan fingerprint density at radius 3 is 2.73 bits per heavy atom. The van der Waals surface area contributed by atoms with Crippen molar-refractivity contribution in [3.63, 3.8) is 0 Å². The van der Waals surface area contributed by atoms with E-state index in [0.29, 0.717) is 30.2 Å². The molecule has 4 heterocycles. The average molecular weight is 455 g/mol. The molecule has 3 unspecified atom stereocenters. The molecule has 1 saturated heterocycles. The lowest BCUT2D eigenvalue weighted by Crippen LogP contribution is -2.60. The number of anilines is 2. The van der Waals surface area contributed by atoms with Crippen LogP contribution in [-0.2, 0) is 19.9 Å². The summed E-state index contributed by atoms with van der Waals surface area (Å²) in [5.74, 6) is 0.123. The van der Waals surface area contributed by atoms with Crippen molar-refractivity contribution in [2.75, 3.05) is 23.5 Å². The van der Waals surface area contributed by atoms with Crippen molar-refractivity contribution in [2.45, 2.75) is 68.9 Å². The van der Waals surface area contributed by atoms with Gasteiger partial charge in [0, 0.05) is 13.7 Å². The first-order valence-electron chi connectivity index (χ1n) is 11.4. The third-order valence-electron chi connectivity index (χ3n) is 7.46. The lowest BCUT2D eigenvalue weighted by molar-refractivity contribution is -0.125. The highest BCUT2D eigenvalue weighted by Gasteiger charge is 2.54. The molecule has 10 heteroatoms. The zero-order valence-corrected chi connectivity index (χ0v) is 18.7. The molecule has 1 aliphatic carbocycles. The normalized spacial score (nSPS) is 30.2. The average Bonchev–Trinajstić information content (AvgIpc) is 3.59. The molecule has 6 rings (SSSR count). The summed E-state index contributed by atoms with van der Waals surface area (Å²) in [6, 6.07) is 3.03. The molecule has 174 valence electrons. The Bertz CT molecular complexity index is 1120. The Hall–Kier alpha value is -2.85. The van der Waals surface area contributed by atoms with Crippen molar-refractivity contribution in [2.24, 2.45) is 4.99 Å². The number of aromatic nitrogens is 2. The Balaban J connectivity index is 1.40. The van der Waals surface area contributed by atoms with Crippen molar-refractivity contribution >= 4 is 23.6 Å². The summed E-state index contributed by atoms with van der Waals surface area (Å²) in [5, 5.41) is 4.21. The van der Waals surface area contributed by atoms with Gasteiger partial charge >= 0.3 is 0 Å². The fraction of sp³-hybridized carbons (Fsp3) is 0.565. The van der Waals surface area contributed by atoms with Gasteiger partial charge < -0.3 is 18.9 Å². The van der Waals surface area contributed by atoms with Crippen molar-refractivity contribution in [3.8, 4) is 0 Å². The number of hydrogen-bond donors (Lipinski definition) is 0. The maximum atomic E-state index is 14.2. The van der Waals surface area contributed by atoms with Crippen LogP contribution in [0.3, 0.4) is 0 Å². The first kappa shape index (κ1) is 20.7. The largest absolute Gasteiger partial charge is 0.370 e. The van der Waals surface area contributed by atoms with E-state index in [1.807, 2.05) is 6.92 Å². The molecule has 9 nitrogen and oxygen atoms in total. The van der Waals surface area contributed by atoms with E-state index in [4.69, 9.17) is 14.0 Å². The molecule has 33 heavy (non-hydrogen) atoms. The predicted molar refractivity (Wildman–Crippen MR) is 116 cm³/mol. The summed E-state index contributed by atoms with van der Waals surface area (Å²) in [7, 11) is 1.66. The number of methoxy groups -OCH3 is 1. The highest BCUT2D eigenvalue weighted by atomic mass is 19.1. The minimum atomic E-state index is -0.858. The first-order valence-corrected chi connectivity index (χ1v) is 11.4. The SMILES string of the molecule is COC1(c2noc(C3N=CN4c5ccc(F)cc5N(C5(C)CCCO5)C(=O)C34)n2)CCCC1. The molecule has 3 atom stereocenters. The van der Waals surface area contributed by atoms with Crippen LogP contribution in [-0.4, -0.2) is 47.9 Å². The minimum absolute atomic E-state index is 0.234. The van der Waals surface area contributed by atoms with E-state index in [1.54, 1.807) is 29.3 Å². The lowest BCUT2D eigenvalue weighted by Gasteiger charge is -2.45. The van der Waals surface area contributed by atoms with E-state index in [-0.39, 0.29) is 11.8 Å². The van der Waals surface area contributed by atoms with Gasteiger partial charge in [-0.3, -0.25) is 14.7 Å². The van der Waals surface area contributed by atoms with Crippen LogP contribution in [0.1, 0.15) is 63.2 Å². The summed E-state index contributed by atoms with van der Waals surface area (Å²) < 4.78 is 31.6. The van der Waals surface area contributed by atoms with Crippen LogP contribution in [0.5, 0.6) is 0 Å². The second kappa shape index (κ2) is 7.33. The van der Waals surface area contributed by atoms with E-state index >= 15 is 0 Å². The van der Waals surface area contributed by atoms with E-state index in [0.717, 1.165) is 32.1 Å². The second-order valence-corrected chi connectivity index (χ2v) is 9.36. The number of aliphatic imine (C=N–C) groups is 1. The fourth-order valence-corrected chi connectivity index (χ4v) is 5.69. The fourth-order valence-electron chi connectivity index (χ4n) is 5.69. The number of nitrogens with zero attached hydrogens (tertiary/aromatic N) is 5. The molecular weight excluding hydrogens is 429 g/mol. The Morgan fingerprint density at radius 1 is 1.18 bits per heavy atom. The van der Waals surface area contributed by atoms with Crippen LogP contribution in [0.25, 0.3) is 0 Å². The van der Waals surface area contributed by atoms with Crippen molar-refractivity contribution in [1.82, 2.24) is 10.1 Å². The zero-order chi connectivity index (χ0) is 22.8. The Morgan fingerprint density at radius 2 is 2.00 bits per heavy atom. The minimum Gasteiger partial charge on any atom is -0.370 e. The lowest BCUT2D eigenvalue weighted by atomic mass is 9.97. The summed E-state index contributed by atoms with van der Waals surface area (Å²) >= 11 is 0. The van der Waals surface area contributed by atoms with Gasteiger partial charge in [0.05, 0.1) is 17.7 Å². The van der Waals surface area contributed by atoms with Gasteiger partial charge in [0.1, 0.15) is 23.2 Å². The third-order valence-corrected chi connectivity index (χ3v) is 7.46. The van der Waals surface area contributed by atoms with Gasteiger partial charge in [-0.05, 0) is 63.6 Å². The molecule has 0 spiro atoms. The Kier molecular flexibility index (Phi) is 4.60. The molecule has 2 fully saturated rings. The number of amides is 1. The smallest absolute Gasteiger partial charge is 0.255 e. The quantitative estimate of drug-likeness (QED) is 0.697. The highest BCUT2D eigenvalue weighted by molar-refractivity contribution is 6.12. The molecule has 0 radical (unpaired) electrons. The van der Waals surface area contributed by atoms with Crippen LogP contribution in [0, 0.1) is 5.82 Å². The van der Waals surface area contributed by atoms with Crippen LogP contribution >= 0.6 is 0 Å². The molecule has 0 bridgehead atoms. The molecule has 1 aromatic carbocycles. The molecule has 3 aliphatic heterocycles. The highest BCUT2D eigenvalue weighted by Crippen LogP contribution is 2.48. The molecule has 2 aromatic rings. The van der Waals surface area contributed by atoms with Crippen LogP contribution in [0.2, 0.25) is 0 Å². The third kappa shape index (κ3) is 2.96. The van der Waals surface area contributed by atoms with Gasteiger partial charge in [0.25, 0.3) is 11.8 Å². The predicted octanol–water partition coefficient (Wildman–Crippen LogP) is 3.46. The maximum Gasteiger partial charge on any atom is 0.255 e. The molecule has 4 aliphatic rings. The van der Waals surface area contributed by atoms with Gasteiger partial charge in [-0.1, -0.05) is 5.16 Å². The number of carbonyl (C=O) groups is 1. The maximum absolute atomic E-state index is 14.2. The molecule has 0 N–H and O–H groups in total. The van der Waals surface area contributed by atoms with Crippen LogP contribution < -0.4 is 9.80 Å². The molecule has 1 amide bonds. The van der Waals surface area contributed by atoms with Crippen LogP contribution in [0.4, 0.5) is 15.8 Å². The Labute approximate surface area is 190 Å². The standard InChI is InChI=1S/C23H26FN5O4/c1-22(8-5-11-32-22)29-16-12-14(24)6-7-15(16)28-13-25-17(18(28)20(29)30)19-26-21(27-33-19)23(31-2)9-3-4-10-23/h6-7,12-13,17-18H,3-5,8-11H2,1-2H3. The zero-order valence-electron chi connectivity index (χ0n) is 18.7. The molecule has 1 aromatic heterocycles. The van der Waals surface area contributed by atoms with Crippen molar-refractivity contribution < 1.29 is 23.2 Å².